The lowest BCUT2D eigenvalue weighted by molar-refractivity contribution is 0.289. The van der Waals surface area contributed by atoms with Crippen LogP contribution in [0.25, 0.3) is 0 Å². The molecule has 0 atom stereocenters. The molecule has 0 unspecified atom stereocenters. The number of hydrogen-bond acceptors (Lipinski definition) is 3. The molecule has 102 valence electrons. The highest BCUT2D eigenvalue weighted by molar-refractivity contribution is 5.36. The van der Waals surface area contributed by atoms with Crippen molar-refractivity contribution in [3.8, 4) is 5.75 Å². The molecule has 0 amide bonds. The van der Waals surface area contributed by atoms with Gasteiger partial charge in [-0.3, -0.25) is 4.68 Å². The second kappa shape index (κ2) is 5.89. The normalized spacial score (nSPS) is 10.7. The molecule has 0 aliphatic rings. The summed E-state index contributed by atoms with van der Waals surface area (Å²) in [5.74, 6) is 0.856. The molecular weight excluding hydrogens is 238 g/mol. The van der Waals surface area contributed by atoms with Crippen LogP contribution in [0.2, 0.25) is 0 Å². The fourth-order valence-electron chi connectivity index (χ4n) is 2.15. The highest BCUT2D eigenvalue weighted by atomic mass is 16.5. The molecule has 1 aromatic carbocycles. The summed E-state index contributed by atoms with van der Waals surface area (Å²) in [5.41, 5.74) is 10.1. The van der Waals surface area contributed by atoms with Crippen LogP contribution in [0.3, 0.4) is 0 Å². The third-order valence-electron chi connectivity index (χ3n) is 3.10. The third kappa shape index (κ3) is 3.15. The van der Waals surface area contributed by atoms with Crippen LogP contribution in [0, 0.1) is 13.8 Å². The van der Waals surface area contributed by atoms with Crippen molar-refractivity contribution in [1.29, 1.82) is 0 Å². The Balaban J connectivity index is 2.14. The zero-order valence-corrected chi connectivity index (χ0v) is 11.8. The molecule has 2 N–H and O–H groups in total. The van der Waals surface area contributed by atoms with E-state index in [1.54, 1.807) is 0 Å². The summed E-state index contributed by atoms with van der Waals surface area (Å²) in [6.07, 6.45) is 0. The lowest BCUT2D eigenvalue weighted by Gasteiger charge is -2.11. The fourth-order valence-corrected chi connectivity index (χ4v) is 2.15. The SMILES string of the molecule is CCn1nc(C)cc1COc1ccc(C)cc1CN. The van der Waals surface area contributed by atoms with E-state index in [1.165, 1.54) is 5.56 Å². The highest BCUT2D eigenvalue weighted by Gasteiger charge is 2.07. The van der Waals surface area contributed by atoms with Gasteiger partial charge in [-0.2, -0.15) is 5.10 Å². The molecule has 4 nitrogen and oxygen atoms in total. The third-order valence-corrected chi connectivity index (χ3v) is 3.10. The molecule has 1 heterocycles. The fraction of sp³-hybridized carbons (Fsp3) is 0.400. The van der Waals surface area contributed by atoms with Crippen LogP contribution >= 0.6 is 0 Å². The second-order valence-corrected chi connectivity index (χ2v) is 4.70. The van der Waals surface area contributed by atoms with E-state index in [4.69, 9.17) is 10.5 Å². The Hall–Kier alpha value is -1.81. The largest absolute Gasteiger partial charge is 0.487 e. The number of aryl methyl sites for hydroxylation is 3. The van der Waals surface area contributed by atoms with Gasteiger partial charge in [-0.15, -0.1) is 0 Å². The van der Waals surface area contributed by atoms with Gasteiger partial charge in [-0.25, -0.2) is 0 Å². The molecule has 0 radical (unpaired) electrons. The highest BCUT2D eigenvalue weighted by Crippen LogP contribution is 2.21. The van der Waals surface area contributed by atoms with Crippen molar-refractivity contribution in [2.24, 2.45) is 5.73 Å². The molecule has 0 fully saturated rings. The summed E-state index contributed by atoms with van der Waals surface area (Å²) < 4.78 is 7.85. The number of rotatable bonds is 5. The summed E-state index contributed by atoms with van der Waals surface area (Å²) >= 11 is 0. The van der Waals surface area contributed by atoms with Gasteiger partial charge in [0.15, 0.2) is 0 Å². The topological polar surface area (TPSA) is 53.1 Å². The molecule has 0 aliphatic carbocycles. The quantitative estimate of drug-likeness (QED) is 0.897. The molecule has 0 bridgehead atoms. The zero-order chi connectivity index (χ0) is 13.8. The van der Waals surface area contributed by atoms with Gasteiger partial charge in [0, 0.05) is 18.7 Å². The Morgan fingerprint density at radius 3 is 2.74 bits per heavy atom. The van der Waals surface area contributed by atoms with Crippen molar-refractivity contribution in [2.45, 2.75) is 40.5 Å². The first kappa shape index (κ1) is 13.6. The predicted molar refractivity (Wildman–Crippen MR) is 76.0 cm³/mol. The summed E-state index contributed by atoms with van der Waals surface area (Å²) in [6.45, 7) is 7.98. The predicted octanol–water partition coefficient (Wildman–Crippen LogP) is 2.56. The van der Waals surface area contributed by atoms with Gasteiger partial charge in [0.05, 0.1) is 11.4 Å². The number of ether oxygens (including phenoxy) is 1. The summed E-state index contributed by atoms with van der Waals surface area (Å²) in [4.78, 5) is 0. The van der Waals surface area contributed by atoms with E-state index in [0.717, 1.165) is 29.2 Å². The minimum Gasteiger partial charge on any atom is -0.487 e. The van der Waals surface area contributed by atoms with Crippen LogP contribution in [0.5, 0.6) is 5.75 Å². The lowest BCUT2D eigenvalue weighted by atomic mass is 10.1. The van der Waals surface area contributed by atoms with Crippen molar-refractivity contribution >= 4 is 0 Å². The minimum absolute atomic E-state index is 0.489. The summed E-state index contributed by atoms with van der Waals surface area (Å²) in [7, 11) is 0. The van der Waals surface area contributed by atoms with Crippen LogP contribution in [-0.4, -0.2) is 9.78 Å². The Morgan fingerprint density at radius 2 is 2.05 bits per heavy atom. The molecule has 2 rings (SSSR count). The lowest BCUT2D eigenvalue weighted by Crippen LogP contribution is -2.08. The maximum absolute atomic E-state index is 5.88. The first-order valence-corrected chi connectivity index (χ1v) is 6.59. The maximum atomic E-state index is 5.88. The van der Waals surface area contributed by atoms with E-state index in [1.807, 2.05) is 23.7 Å². The number of nitrogens with zero attached hydrogens (tertiary/aromatic N) is 2. The zero-order valence-electron chi connectivity index (χ0n) is 11.8. The average molecular weight is 259 g/mol. The van der Waals surface area contributed by atoms with Gasteiger partial charge >= 0.3 is 0 Å². The Bertz CT molecular complexity index is 561. The first-order chi connectivity index (χ1) is 9.13. The van der Waals surface area contributed by atoms with Gasteiger partial charge in [0.1, 0.15) is 12.4 Å². The monoisotopic (exact) mass is 259 g/mol. The number of aromatic nitrogens is 2. The summed E-state index contributed by atoms with van der Waals surface area (Å²) in [5, 5.41) is 4.41. The average Bonchev–Trinajstić information content (AvgIpc) is 2.77. The van der Waals surface area contributed by atoms with Crippen molar-refractivity contribution in [3.63, 3.8) is 0 Å². The van der Waals surface area contributed by atoms with E-state index in [-0.39, 0.29) is 0 Å². The van der Waals surface area contributed by atoms with Crippen molar-refractivity contribution < 1.29 is 4.74 Å². The van der Waals surface area contributed by atoms with E-state index < -0.39 is 0 Å². The van der Waals surface area contributed by atoms with Gasteiger partial charge in [0.25, 0.3) is 0 Å². The van der Waals surface area contributed by atoms with Crippen LogP contribution < -0.4 is 10.5 Å². The smallest absolute Gasteiger partial charge is 0.130 e. The van der Waals surface area contributed by atoms with E-state index in [9.17, 15) is 0 Å². The van der Waals surface area contributed by atoms with Crippen LogP contribution in [0.15, 0.2) is 24.3 Å². The number of benzene rings is 1. The molecule has 1 aromatic heterocycles. The van der Waals surface area contributed by atoms with Crippen LogP contribution in [-0.2, 0) is 19.7 Å². The Labute approximate surface area is 114 Å². The van der Waals surface area contributed by atoms with Gasteiger partial charge < -0.3 is 10.5 Å². The van der Waals surface area contributed by atoms with Crippen LogP contribution in [0.1, 0.15) is 29.4 Å². The molecule has 4 heteroatoms. The Morgan fingerprint density at radius 1 is 1.26 bits per heavy atom. The molecule has 0 saturated heterocycles. The number of hydrogen-bond donors (Lipinski definition) is 1. The van der Waals surface area contributed by atoms with Crippen molar-refractivity contribution in [1.82, 2.24) is 9.78 Å². The van der Waals surface area contributed by atoms with Crippen molar-refractivity contribution in [2.75, 3.05) is 0 Å². The molecule has 0 saturated carbocycles. The van der Waals surface area contributed by atoms with Crippen LogP contribution in [0.4, 0.5) is 0 Å². The van der Waals surface area contributed by atoms with E-state index in [2.05, 4.69) is 31.1 Å². The molecular formula is C15H21N3O. The van der Waals surface area contributed by atoms with Gasteiger partial charge in [-0.05, 0) is 32.9 Å². The second-order valence-electron chi connectivity index (χ2n) is 4.70. The van der Waals surface area contributed by atoms with Gasteiger partial charge in [-0.1, -0.05) is 17.7 Å². The van der Waals surface area contributed by atoms with Gasteiger partial charge in [0.2, 0.25) is 0 Å². The maximum Gasteiger partial charge on any atom is 0.130 e. The summed E-state index contributed by atoms with van der Waals surface area (Å²) in [6, 6.07) is 8.14. The van der Waals surface area contributed by atoms with Crippen molar-refractivity contribution in [3.05, 3.63) is 46.8 Å². The first-order valence-electron chi connectivity index (χ1n) is 6.59. The molecule has 0 spiro atoms. The molecule has 0 aliphatic heterocycles. The standard InChI is InChI=1S/C15H21N3O/c1-4-18-14(8-12(3)17-18)10-19-15-6-5-11(2)7-13(15)9-16/h5-8H,4,9-10,16H2,1-3H3. The molecule has 19 heavy (non-hydrogen) atoms. The molecule has 2 aromatic rings. The minimum atomic E-state index is 0.489. The Kier molecular flexibility index (Phi) is 4.22. The van der Waals surface area contributed by atoms with E-state index >= 15 is 0 Å². The van der Waals surface area contributed by atoms with E-state index in [0.29, 0.717) is 13.2 Å². The number of nitrogens with two attached hydrogens (primary N) is 1.